The zero-order chi connectivity index (χ0) is 5.98. The molecule has 0 radical (unpaired) electrons. The SMILES string of the molecule is FC1N=CC=CC1I. The van der Waals surface area contributed by atoms with Gasteiger partial charge in [-0.1, -0.05) is 28.7 Å². The van der Waals surface area contributed by atoms with E-state index in [4.69, 9.17) is 0 Å². The molecule has 0 bridgehead atoms. The second-order valence-electron chi connectivity index (χ2n) is 1.50. The van der Waals surface area contributed by atoms with E-state index in [1.807, 2.05) is 22.6 Å². The molecular formula is C5H5FIN. The summed E-state index contributed by atoms with van der Waals surface area (Å²) in [6, 6.07) is 0. The van der Waals surface area contributed by atoms with Gasteiger partial charge in [0.05, 0.1) is 3.92 Å². The van der Waals surface area contributed by atoms with Crippen molar-refractivity contribution in [3.05, 3.63) is 12.2 Å². The van der Waals surface area contributed by atoms with Crippen LogP contribution < -0.4 is 0 Å². The fraction of sp³-hybridized carbons (Fsp3) is 0.400. The van der Waals surface area contributed by atoms with Crippen LogP contribution in [0.4, 0.5) is 4.39 Å². The number of aliphatic imine (C=N–C) groups is 1. The van der Waals surface area contributed by atoms with Crippen molar-refractivity contribution in [1.29, 1.82) is 0 Å². The molecule has 2 unspecified atom stereocenters. The van der Waals surface area contributed by atoms with Crippen LogP contribution in [0, 0.1) is 0 Å². The monoisotopic (exact) mass is 225 g/mol. The molecule has 0 N–H and O–H groups in total. The fourth-order valence-electron chi connectivity index (χ4n) is 0.462. The highest BCUT2D eigenvalue weighted by atomic mass is 127. The summed E-state index contributed by atoms with van der Waals surface area (Å²) in [7, 11) is 0. The Hall–Kier alpha value is 0.0700. The van der Waals surface area contributed by atoms with Crippen molar-refractivity contribution in [2.45, 2.75) is 10.2 Å². The number of halogens is 2. The van der Waals surface area contributed by atoms with E-state index < -0.39 is 6.30 Å². The van der Waals surface area contributed by atoms with Crippen LogP contribution in [0.25, 0.3) is 0 Å². The molecule has 1 rings (SSSR count). The average Bonchev–Trinajstić information content (AvgIpc) is 1.77. The van der Waals surface area contributed by atoms with Crippen molar-refractivity contribution in [3.8, 4) is 0 Å². The molecule has 1 nitrogen and oxygen atoms in total. The van der Waals surface area contributed by atoms with Crippen LogP contribution in [0.1, 0.15) is 0 Å². The van der Waals surface area contributed by atoms with Crippen LogP contribution in [0.3, 0.4) is 0 Å². The first-order valence-corrected chi connectivity index (χ1v) is 3.53. The molecule has 0 aromatic carbocycles. The summed E-state index contributed by atoms with van der Waals surface area (Å²) in [4.78, 5) is 3.52. The van der Waals surface area contributed by atoms with Crippen LogP contribution in [-0.4, -0.2) is 16.4 Å². The number of alkyl halides is 2. The van der Waals surface area contributed by atoms with Gasteiger partial charge in [0.15, 0.2) is 0 Å². The Kier molecular flexibility index (Phi) is 1.99. The molecule has 0 aromatic rings. The van der Waals surface area contributed by atoms with Crippen molar-refractivity contribution in [2.24, 2.45) is 4.99 Å². The molecule has 1 aliphatic rings. The number of hydrogen-bond donors (Lipinski definition) is 0. The van der Waals surface area contributed by atoms with Crippen molar-refractivity contribution in [1.82, 2.24) is 0 Å². The largest absolute Gasteiger partial charge is 0.255 e. The van der Waals surface area contributed by atoms with E-state index in [0.29, 0.717) is 0 Å². The molecule has 2 atom stereocenters. The van der Waals surface area contributed by atoms with Gasteiger partial charge in [-0.15, -0.1) is 0 Å². The third kappa shape index (κ3) is 1.27. The maximum Gasteiger partial charge on any atom is 0.204 e. The van der Waals surface area contributed by atoms with Gasteiger partial charge in [-0.3, -0.25) is 4.99 Å². The second-order valence-corrected chi connectivity index (χ2v) is 2.94. The molecule has 0 amide bonds. The van der Waals surface area contributed by atoms with Crippen molar-refractivity contribution >= 4 is 28.8 Å². The molecule has 0 aliphatic carbocycles. The predicted octanol–water partition coefficient (Wildman–Crippen LogP) is 1.73. The van der Waals surface area contributed by atoms with Crippen LogP contribution in [0.2, 0.25) is 0 Å². The van der Waals surface area contributed by atoms with E-state index in [2.05, 4.69) is 4.99 Å². The number of hydrogen-bond acceptors (Lipinski definition) is 1. The lowest BCUT2D eigenvalue weighted by Gasteiger charge is -2.07. The van der Waals surface area contributed by atoms with Crippen LogP contribution in [0.5, 0.6) is 0 Å². The first-order valence-electron chi connectivity index (χ1n) is 2.29. The second kappa shape index (κ2) is 2.57. The van der Waals surface area contributed by atoms with Crippen LogP contribution in [-0.2, 0) is 0 Å². The molecule has 8 heavy (non-hydrogen) atoms. The minimum atomic E-state index is -1.03. The number of allylic oxidation sites excluding steroid dienone is 1. The van der Waals surface area contributed by atoms with Gasteiger partial charge in [0, 0.05) is 6.21 Å². The molecule has 0 saturated carbocycles. The highest BCUT2D eigenvalue weighted by molar-refractivity contribution is 14.1. The molecule has 1 heterocycles. The molecular weight excluding hydrogens is 220 g/mol. The first-order chi connectivity index (χ1) is 3.80. The van der Waals surface area contributed by atoms with Gasteiger partial charge < -0.3 is 0 Å². The number of dihydropyridines is 1. The van der Waals surface area contributed by atoms with Gasteiger partial charge in [-0.2, -0.15) is 0 Å². The maximum atomic E-state index is 12.3. The van der Waals surface area contributed by atoms with Crippen molar-refractivity contribution in [2.75, 3.05) is 0 Å². The summed E-state index contributed by atoms with van der Waals surface area (Å²) >= 11 is 2.01. The Bertz CT molecular complexity index is 116. The Balaban J connectivity index is 2.59. The average molecular weight is 225 g/mol. The summed E-state index contributed by atoms with van der Waals surface area (Å²) in [6.45, 7) is 0. The van der Waals surface area contributed by atoms with Gasteiger partial charge in [0.25, 0.3) is 0 Å². The van der Waals surface area contributed by atoms with Gasteiger partial charge in [-0.25, -0.2) is 4.39 Å². The van der Waals surface area contributed by atoms with Crippen LogP contribution >= 0.6 is 22.6 Å². The lowest BCUT2D eigenvalue weighted by molar-refractivity contribution is 0.363. The predicted molar refractivity (Wildman–Crippen MR) is 40.3 cm³/mol. The molecule has 0 fully saturated rings. The van der Waals surface area contributed by atoms with Gasteiger partial charge in [-0.05, 0) is 6.08 Å². The smallest absolute Gasteiger partial charge is 0.204 e. The van der Waals surface area contributed by atoms with Gasteiger partial charge >= 0.3 is 0 Å². The quantitative estimate of drug-likeness (QED) is 0.338. The van der Waals surface area contributed by atoms with Crippen molar-refractivity contribution < 1.29 is 4.39 Å². The standard InChI is InChI=1S/C5H5FIN/c6-5-4(7)2-1-3-8-5/h1-5H. The zero-order valence-electron chi connectivity index (χ0n) is 4.09. The third-order valence-corrected chi connectivity index (χ3v) is 1.88. The summed E-state index contributed by atoms with van der Waals surface area (Å²) in [6.07, 6.45) is 4.01. The normalized spacial score (nSPS) is 35.8. The Labute approximate surface area is 60.8 Å². The van der Waals surface area contributed by atoms with E-state index in [-0.39, 0.29) is 3.92 Å². The zero-order valence-corrected chi connectivity index (χ0v) is 6.25. The lowest BCUT2D eigenvalue weighted by atomic mass is 10.3. The lowest BCUT2D eigenvalue weighted by Crippen LogP contribution is -2.12. The number of rotatable bonds is 0. The maximum absolute atomic E-state index is 12.3. The van der Waals surface area contributed by atoms with E-state index in [1.54, 1.807) is 12.2 Å². The summed E-state index contributed by atoms with van der Waals surface area (Å²) in [5.74, 6) is 0. The van der Waals surface area contributed by atoms with Crippen LogP contribution in [0.15, 0.2) is 17.1 Å². The van der Waals surface area contributed by atoms with E-state index in [1.165, 1.54) is 6.21 Å². The molecule has 0 saturated heterocycles. The summed E-state index contributed by atoms with van der Waals surface area (Å²) in [5.41, 5.74) is 0. The number of nitrogens with zero attached hydrogens (tertiary/aromatic N) is 1. The summed E-state index contributed by atoms with van der Waals surface area (Å²) < 4.78 is 12.2. The highest BCUT2D eigenvalue weighted by Gasteiger charge is 2.13. The molecule has 44 valence electrons. The minimum absolute atomic E-state index is 0.0717. The summed E-state index contributed by atoms with van der Waals surface area (Å²) in [5, 5.41) is 0. The fourth-order valence-corrected chi connectivity index (χ4v) is 0.887. The Morgan fingerprint density at radius 2 is 2.38 bits per heavy atom. The molecule has 1 aliphatic heterocycles. The Morgan fingerprint density at radius 1 is 1.62 bits per heavy atom. The highest BCUT2D eigenvalue weighted by Crippen LogP contribution is 2.14. The molecule has 0 spiro atoms. The molecule has 0 aromatic heterocycles. The first kappa shape index (κ1) is 6.19. The molecule has 3 heteroatoms. The Morgan fingerprint density at radius 3 is 2.75 bits per heavy atom. The van der Waals surface area contributed by atoms with Crippen molar-refractivity contribution in [3.63, 3.8) is 0 Å². The van der Waals surface area contributed by atoms with E-state index in [0.717, 1.165) is 0 Å². The third-order valence-electron chi connectivity index (χ3n) is 0.872. The van der Waals surface area contributed by atoms with Gasteiger partial charge in [0.1, 0.15) is 0 Å². The van der Waals surface area contributed by atoms with Gasteiger partial charge in [0.2, 0.25) is 6.30 Å². The topological polar surface area (TPSA) is 12.4 Å². The van der Waals surface area contributed by atoms with E-state index >= 15 is 0 Å². The minimum Gasteiger partial charge on any atom is -0.255 e. The van der Waals surface area contributed by atoms with E-state index in [9.17, 15) is 4.39 Å².